The van der Waals surface area contributed by atoms with Crippen molar-refractivity contribution in [2.24, 2.45) is 23.7 Å². The molecule has 1 saturated carbocycles. The van der Waals surface area contributed by atoms with Gasteiger partial charge >= 0.3 is 20.7 Å². The molecule has 3 rings (SSSR count). The van der Waals surface area contributed by atoms with Crippen molar-refractivity contribution in [3.63, 3.8) is 0 Å². The van der Waals surface area contributed by atoms with Gasteiger partial charge in [-0.05, 0) is 52.4 Å². The van der Waals surface area contributed by atoms with Crippen molar-refractivity contribution in [3.8, 4) is 0 Å². The van der Waals surface area contributed by atoms with Crippen LogP contribution in [0.2, 0.25) is 0 Å². The van der Waals surface area contributed by atoms with Crippen molar-refractivity contribution in [1.82, 2.24) is 4.90 Å². The van der Waals surface area contributed by atoms with E-state index in [1.807, 2.05) is 32.9 Å². The third kappa shape index (κ3) is 5.29. The number of esters is 2. The standard InChI is InChI=1S/C24H37NO8Si/c1-6-31-34(32-7-2,33-8-3)19-11-12-25(19)22(26)20-17-9-10-18(15-17)21(20)24(28)30-14-13-29-23(27)16(4)5/h9-10,17-21H,4,6-8,11-15H2,1-3,5H3. The molecule has 1 aliphatic heterocycles. The number of rotatable bonds is 13. The quantitative estimate of drug-likeness (QED) is 0.126. The summed E-state index contributed by atoms with van der Waals surface area (Å²) in [6, 6.07) is 0. The second kappa shape index (κ2) is 11.6. The van der Waals surface area contributed by atoms with E-state index in [1.54, 1.807) is 11.8 Å². The lowest BCUT2D eigenvalue weighted by Crippen LogP contribution is -2.70. The third-order valence-electron chi connectivity index (χ3n) is 6.67. The van der Waals surface area contributed by atoms with Crippen molar-refractivity contribution in [2.75, 3.05) is 39.6 Å². The Bertz CT molecular complexity index is 798. The molecule has 5 atom stereocenters. The summed E-state index contributed by atoms with van der Waals surface area (Å²) in [6.07, 6.45) is 5.55. The van der Waals surface area contributed by atoms with Crippen molar-refractivity contribution in [3.05, 3.63) is 24.3 Å². The Morgan fingerprint density at radius 2 is 1.50 bits per heavy atom. The van der Waals surface area contributed by atoms with Crippen LogP contribution in [-0.4, -0.2) is 76.8 Å². The van der Waals surface area contributed by atoms with Crippen LogP contribution in [0.5, 0.6) is 0 Å². The predicted octanol–water partition coefficient (Wildman–Crippen LogP) is 2.28. The minimum atomic E-state index is -3.09. The number of hydrogen-bond donors (Lipinski definition) is 0. The molecule has 1 heterocycles. The summed E-state index contributed by atoms with van der Waals surface area (Å²) in [7, 11) is -3.09. The first-order chi connectivity index (χ1) is 16.3. The van der Waals surface area contributed by atoms with Crippen LogP contribution in [0, 0.1) is 23.7 Å². The van der Waals surface area contributed by atoms with Crippen LogP contribution >= 0.6 is 0 Å². The van der Waals surface area contributed by atoms with Gasteiger partial charge in [-0.3, -0.25) is 9.59 Å². The Kier molecular flexibility index (Phi) is 9.08. The van der Waals surface area contributed by atoms with E-state index in [-0.39, 0.29) is 42.2 Å². The Balaban J connectivity index is 1.69. The van der Waals surface area contributed by atoms with Gasteiger partial charge in [-0.2, -0.15) is 0 Å². The maximum absolute atomic E-state index is 13.8. The maximum atomic E-state index is 13.8. The number of ether oxygens (including phenoxy) is 2. The first-order valence-corrected chi connectivity index (χ1v) is 14.0. The van der Waals surface area contributed by atoms with Gasteiger partial charge in [0.05, 0.1) is 11.8 Å². The van der Waals surface area contributed by atoms with E-state index in [9.17, 15) is 14.4 Å². The molecule has 5 unspecified atom stereocenters. The molecule has 34 heavy (non-hydrogen) atoms. The van der Waals surface area contributed by atoms with Crippen LogP contribution < -0.4 is 0 Å². The molecule has 0 radical (unpaired) electrons. The van der Waals surface area contributed by atoms with E-state index >= 15 is 0 Å². The van der Waals surface area contributed by atoms with Gasteiger partial charge in [0.2, 0.25) is 5.91 Å². The fourth-order valence-corrected chi connectivity index (χ4v) is 8.36. The molecule has 190 valence electrons. The van der Waals surface area contributed by atoms with Crippen LogP contribution in [0.3, 0.4) is 0 Å². The molecule has 0 aromatic heterocycles. The summed E-state index contributed by atoms with van der Waals surface area (Å²) in [4.78, 5) is 40.0. The fraction of sp³-hybridized carbons (Fsp3) is 0.708. The Morgan fingerprint density at radius 3 is 2.00 bits per heavy atom. The first-order valence-electron chi connectivity index (χ1n) is 12.2. The highest BCUT2D eigenvalue weighted by atomic mass is 28.4. The molecule has 0 N–H and O–H groups in total. The number of allylic oxidation sites excluding steroid dienone is 2. The van der Waals surface area contributed by atoms with Crippen molar-refractivity contribution < 1.29 is 37.1 Å². The monoisotopic (exact) mass is 495 g/mol. The summed E-state index contributed by atoms with van der Waals surface area (Å²) < 4.78 is 28.5. The van der Waals surface area contributed by atoms with E-state index in [2.05, 4.69) is 6.58 Å². The second-order valence-corrected chi connectivity index (χ2v) is 11.6. The van der Waals surface area contributed by atoms with E-state index in [0.717, 1.165) is 12.8 Å². The molecule has 0 aromatic rings. The van der Waals surface area contributed by atoms with Gasteiger partial charge in [0.15, 0.2) is 0 Å². The maximum Gasteiger partial charge on any atom is 0.524 e. The average Bonchev–Trinajstić information content (AvgIpc) is 3.37. The number of carbonyl (C=O) groups is 3. The van der Waals surface area contributed by atoms with Crippen LogP contribution in [-0.2, 0) is 37.1 Å². The van der Waals surface area contributed by atoms with Crippen molar-refractivity contribution in [2.45, 2.75) is 46.2 Å². The minimum absolute atomic E-state index is 0.000102. The van der Waals surface area contributed by atoms with Gasteiger partial charge in [0.25, 0.3) is 0 Å². The average molecular weight is 496 g/mol. The molecule has 9 nitrogen and oxygen atoms in total. The Morgan fingerprint density at radius 1 is 0.941 bits per heavy atom. The lowest BCUT2D eigenvalue weighted by Gasteiger charge is -2.49. The molecule has 0 spiro atoms. The fourth-order valence-electron chi connectivity index (χ4n) is 5.20. The van der Waals surface area contributed by atoms with Gasteiger partial charge in [-0.25, -0.2) is 4.79 Å². The second-order valence-electron chi connectivity index (χ2n) is 8.82. The summed E-state index contributed by atoms with van der Waals surface area (Å²) in [6.45, 7) is 12.5. The zero-order valence-corrected chi connectivity index (χ0v) is 21.6. The lowest BCUT2D eigenvalue weighted by atomic mass is 9.81. The van der Waals surface area contributed by atoms with Crippen LogP contribution in [0.4, 0.5) is 0 Å². The number of carbonyl (C=O) groups excluding carboxylic acids is 3. The highest BCUT2D eigenvalue weighted by Crippen LogP contribution is 2.50. The third-order valence-corrected chi connectivity index (χ3v) is 10.2. The first kappa shape index (κ1) is 26.6. The summed E-state index contributed by atoms with van der Waals surface area (Å²) in [5.41, 5.74) is 0.0336. The molecule has 3 aliphatic rings. The summed E-state index contributed by atoms with van der Waals surface area (Å²) in [5.74, 6) is -2.10. The Labute approximate surface area is 202 Å². The zero-order chi connectivity index (χ0) is 24.9. The van der Waals surface area contributed by atoms with Gasteiger partial charge in [0.1, 0.15) is 18.9 Å². The van der Waals surface area contributed by atoms with E-state index in [4.69, 9.17) is 22.8 Å². The topological polar surface area (TPSA) is 101 Å². The van der Waals surface area contributed by atoms with Crippen LogP contribution in [0.25, 0.3) is 0 Å². The molecule has 10 heteroatoms. The zero-order valence-electron chi connectivity index (χ0n) is 20.6. The highest BCUT2D eigenvalue weighted by Gasteiger charge is 2.61. The molecule has 2 fully saturated rings. The van der Waals surface area contributed by atoms with E-state index < -0.39 is 32.6 Å². The number of likely N-dealkylation sites (tertiary alicyclic amines) is 1. The minimum Gasteiger partial charge on any atom is -0.462 e. The molecule has 2 aliphatic carbocycles. The molecule has 1 amide bonds. The number of nitrogens with zero attached hydrogens (tertiary/aromatic N) is 1. The smallest absolute Gasteiger partial charge is 0.462 e. The normalized spacial score (nSPS) is 27.4. The van der Waals surface area contributed by atoms with Crippen LogP contribution in [0.1, 0.15) is 40.5 Å². The SMILES string of the molecule is C=C(C)C(=O)OCCOC(=O)C1C2C=CC(C2)C1C(=O)N1CCC1[Si](OCC)(OCC)OCC. The lowest BCUT2D eigenvalue weighted by molar-refractivity contribution is -0.160. The number of hydrogen-bond acceptors (Lipinski definition) is 8. The summed E-state index contributed by atoms with van der Waals surface area (Å²) in [5, 5.41) is 0. The van der Waals surface area contributed by atoms with Crippen LogP contribution in [0.15, 0.2) is 24.3 Å². The van der Waals surface area contributed by atoms with Crippen molar-refractivity contribution >= 4 is 26.7 Å². The molecular weight excluding hydrogens is 458 g/mol. The molecule has 2 bridgehead atoms. The molecule has 1 saturated heterocycles. The highest BCUT2D eigenvalue weighted by molar-refractivity contribution is 6.63. The van der Waals surface area contributed by atoms with Crippen molar-refractivity contribution in [1.29, 1.82) is 0 Å². The largest absolute Gasteiger partial charge is 0.524 e. The predicted molar refractivity (Wildman–Crippen MR) is 125 cm³/mol. The van der Waals surface area contributed by atoms with Gasteiger partial charge < -0.3 is 27.7 Å². The molecular formula is C24H37NO8Si. The van der Waals surface area contributed by atoms with Gasteiger partial charge in [-0.15, -0.1) is 0 Å². The van der Waals surface area contributed by atoms with Gasteiger partial charge in [-0.1, -0.05) is 18.7 Å². The van der Waals surface area contributed by atoms with E-state index in [1.165, 1.54) is 0 Å². The molecule has 0 aromatic carbocycles. The summed E-state index contributed by atoms with van der Waals surface area (Å²) >= 11 is 0. The Hall–Kier alpha value is -2.01. The van der Waals surface area contributed by atoms with Gasteiger partial charge in [0, 0.05) is 31.9 Å². The number of amides is 1. The van der Waals surface area contributed by atoms with E-state index in [0.29, 0.717) is 26.4 Å². The number of fused-ring (bicyclic) bond motifs is 2.